The predicted octanol–water partition coefficient (Wildman–Crippen LogP) is 1.69. The lowest BCUT2D eigenvalue weighted by Gasteiger charge is -2.09. The Bertz CT molecular complexity index is 243. The maximum absolute atomic E-state index is 10.9. The summed E-state index contributed by atoms with van der Waals surface area (Å²) in [4.78, 5) is 10.9. The molecule has 1 rings (SSSR count). The fraction of sp³-hybridized carbons (Fsp3) is 0.375. The second-order valence-corrected chi connectivity index (χ2v) is 3.02. The Morgan fingerprint density at radius 3 is 2.92 bits per heavy atom. The zero-order valence-corrected chi connectivity index (χ0v) is 7.76. The van der Waals surface area contributed by atoms with Crippen molar-refractivity contribution in [3.63, 3.8) is 0 Å². The fourth-order valence-electron chi connectivity index (χ4n) is 0.737. The van der Waals surface area contributed by atoms with Gasteiger partial charge in [0.05, 0.1) is 7.11 Å². The molecule has 0 spiro atoms. The average molecular weight is 186 g/mol. The van der Waals surface area contributed by atoms with E-state index in [-0.39, 0.29) is 5.97 Å². The van der Waals surface area contributed by atoms with E-state index in [0.29, 0.717) is 5.75 Å². The first-order chi connectivity index (χ1) is 5.74. The van der Waals surface area contributed by atoms with Gasteiger partial charge in [0.2, 0.25) is 0 Å². The molecule has 1 heterocycles. The number of ether oxygens (including phenoxy) is 2. The Morgan fingerprint density at radius 2 is 2.42 bits per heavy atom. The van der Waals surface area contributed by atoms with Crippen molar-refractivity contribution < 1.29 is 14.3 Å². The van der Waals surface area contributed by atoms with Gasteiger partial charge in [0.15, 0.2) is 6.10 Å². The van der Waals surface area contributed by atoms with E-state index in [9.17, 15) is 4.79 Å². The Hall–Kier alpha value is -1.03. The first-order valence-corrected chi connectivity index (χ1v) is 4.45. The molecule has 0 amide bonds. The monoisotopic (exact) mass is 186 g/mol. The van der Waals surface area contributed by atoms with E-state index in [4.69, 9.17) is 4.74 Å². The quantitative estimate of drug-likeness (QED) is 0.674. The van der Waals surface area contributed by atoms with Crippen LogP contribution in [0.3, 0.4) is 0 Å². The minimum absolute atomic E-state index is 0.360. The molecular formula is C8H10O3S. The summed E-state index contributed by atoms with van der Waals surface area (Å²) in [7, 11) is 1.34. The summed E-state index contributed by atoms with van der Waals surface area (Å²) in [5.74, 6) is 0.346. The van der Waals surface area contributed by atoms with Gasteiger partial charge in [-0.25, -0.2) is 4.79 Å². The summed E-state index contributed by atoms with van der Waals surface area (Å²) in [5.41, 5.74) is 0. The molecule has 0 bridgehead atoms. The lowest BCUT2D eigenvalue weighted by molar-refractivity contribution is -0.147. The highest BCUT2D eigenvalue weighted by Crippen LogP contribution is 2.16. The molecule has 0 N–H and O–H groups in total. The van der Waals surface area contributed by atoms with Gasteiger partial charge >= 0.3 is 5.97 Å². The van der Waals surface area contributed by atoms with E-state index in [2.05, 4.69) is 4.74 Å². The number of carbonyl (C=O) groups excluding carboxylic acids is 1. The Kier molecular flexibility index (Phi) is 3.10. The van der Waals surface area contributed by atoms with E-state index in [1.165, 1.54) is 18.4 Å². The minimum Gasteiger partial charge on any atom is -0.478 e. The van der Waals surface area contributed by atoms with E-state index in [0.717, 1.165) is 0 Å². The highest BCUT2D eigenvalue weighted by Gasteiger charge is 2.14. The van der Waals surface area contributed by atoms with Gasteiger partial charge < -0.3 is 9.47 Å². The molecule has 1 atom stereocenters. The molecule has 0 aliphatic carbocycles. The SMILES string of the molecule is COC(=O)C(C)Oc1ccsc1. The molecule has 0 saturated heterocycles. The number of thiophene rings is 1. The molecule has 0 radical (unpaired) electrons. The highest BCUT2D eigenvalue weighted by atomic mass is 32.1. The Balaban J connectivity index is 2.47. The van der Waals surface area contributed by atoms with Gasteiger partial charge in [-0.3, -0.25) is 0 Å². The number of rotatable bonds is 3. The van der Waals surface area contributed by atoms with Crippen molar-refractivity contribution in [3.8, 4) is 5.75 Å². The summed E-state index contributed by atoms with van der Waals surface area (Å²) in [6.45, 7) is 1.66. The van der Waals surface area contributed by atoms with Gasteiger partial charge in [-0.15, -0.1) is 11.3 Å². The minimum atomic E-state index is -0.537. The number of hydrogen-bond donors (Lipinski definition) is 0. The first-order valence-electron chi connectivity index (χ1n) is 3.50. The molecule has 1 aromatic heterocycles. The van der Waals surface area contributed by atoms with Crippen molar-refractivity contribution >= 4 is 17.3 Å². The van der Waals surface area contributed by atoms with E-state index >= 15 is 0 Å². The van der Waals surface area contributed by atoms with Gasteiger partial charge in [-0.05, 0) is 18.4 Å². The van der Waals surface area contributed by atoms with Crippen molar-refractivity contribution in [2.75, 3.05) is 7.11 Å². The molecule has 0 aliphatic rings. The first kappa shape index (κ1) is 9.06. The summed E-state index contributed by atoms with van der Waals surface area (Å²) in [6, 6.07) is 1.81. The van der Waals surface area contributed by atoms with Crippen molar-refractivity contribution in [1.29, 1.82) is 0 Å². The van der Waals surface area contributed by atoms with Crippen LogP contribution < -0.4 is 4.74 Å². The predicted molar refractivity (Wildman–Crippen MR) is 46.4 cm³/mol. The third-order valence-electron chi connectivity index (χ3n) is 1.34. The van der Waals surface area contributed by atoms with Crippen LogP contribution in [-0.4, -0.2) is 19.2 Å². The largest absolute Gasteiger partial charge is 0.478 e. The van der Waals surface area contributed by atoms with Crippen molar-refractivity contribution in [2.45, 2.75) is 13.0 Å². The molecule has 0 aromatic carbocycles. The molecule has 0 aliphatic heterocycles. The van der Waals surface area contributed by atoms with Gasteiger partial charge in [-0.2, -0.15) is 0 Å². The van der Waals surface area contributed by atoms with Gasteiger partial charge in [-0.1, -0.05) is 0 Å². The fourth-order valence-corrected chi connectivity index (χ4v) is 1.30. The van der Waals surface area contributed by atoms with Gasteiger partial charge in [0.25, 0.3) is 0 Å². The zero-order valence-electron chi connectivity index (χ0n) is 6.94. The third-order valence-corrected chi connectivity index (χ3v) is 2.00. The molecular weight excluding hydrogens is 176 g/mol. The number of esters is 1. The van der Waals surface area contributed by atoms with Crippen LogP contribution in [0.1, 0.15) is 6.92 Å². The molecule has 66 valence electrons. The van der Waals surface area contributed by atoms with Crippen LogP contribution in [0.5, 0.6) is 5.75 Å². The Morgan fingerprint density at radius 1 is 1.67 bits per heavy atom. The van der Waals surface area contributed by atoms with Crippen LogP contribution in [0.25, 0.3) is 0 Å². The topological polar surface area (TPSA) is 35.5 Å². The normalized spacial score (nSPS) is 12.2. The average Bonchev–Trinajstić information content (AvgIpc) is 2.55. The van der Waals surface area contributed by atoms with Crippen molar-refractivity contribution in [2.24, 2.45) is 0 Å². The smallest absolute Gasteiger partial charge is 0.346 e. The molecule has 1 unspecified atom stereocenters. The van der Waals surface area contributed by atoms with E-state index < -0.39 is 6.10 Å². The molecule has 1 aromatic rings. The summed E-state index contributed by atoms with van der Waals surface area (Å²) in [6.07, 6.45) is -0.537. The molecule has 4 heteroatoms. The van der Waals surface area contributed by atoms with Crippen LogP contribution in [0.2, 0.25) is 0 Å². The van der Waals surface area contributed by atoms with Crippen molar-refractivity contribution in [1.82, 2.24) is 0 Å². The standard InChI is InChI=1S/C8H10O3S/c1-6(8(9)10-2)11-7-3-4-12-5-7/h3-6H,1-2H3. The lowest BCUT2D eigenvalue weighted by atomic mass is 10.4. The van der Waals surface area contributed by atoms with Crippen molar-refractivity contribution in [3.05, 3.63) is 16.8 Å². The van der Waals surface area contributed by atoms with Crippen LogP contribution in [0.4, 0.5) is 0 Å². The Labute approximate surface area is 74.9 Å². The molecule has 0 saturated carbocycles. The van der Waals surface area contributed by atoms with Crippen LogP contribution in [0.15, 0.2) is 16.8 Å². The molecule has 0 fully saturated rings. The number of hydrogen-bond acceptors (Lipinski definition) is 4. The van der Waals surface area contributed by atoms with Gasteiger partial charge in [0, 0.05) is 5.38 Å². The van der Waals surface area contributed by atoms with Crippen LogP contribution in [0, 0.1) is 0 Å². The second kappa shape index (κ2) is 4.11. The van der Waals surface area contributed by atoms with E-state index in [1.54, 1.807) is 6.92 Å². The number of methoxy groups -OCH3 is 1. The van der Waals surface area contributed by atoms with E-state index in [1.807, 2.05) is 16.8 Å². The maximum Gasteiger partial charge on any atom is 0.346 e. The molecule has 12 heavy (non-hydrogen) atoms. The number of carbonyl (C=O) groups is 1. The summed E-state index contributed by atoms with van der Waals surface area (Å²) in [5, 5.41) is 3.72. The summed E-state index contributed by atoms with van der Waals surface area (Å²) >= 11 is 1.52. The van der Waals surface area contributed by atoms with Crippen LogP contribution in [-0.2, 0) is 9.53 Å². The summed E-state index contributed by atoms with van der Waals surface area (Å²) < 4.78 is 9.74. The lowest BCUT2D eigenvalue weighted by Crippen LogP contribution is -2.24. The third kappa shape index (κ3) is 2.23. The van der Waals surface area contributed by atoms with Gasteiger partial charge in [0.1, 0.15) is 5.75 Å². The molecule has 3 nitrogen and oxygen atoms in total. The van der Waals surface area contributed by atoms with Crippen LogP contribution >= 0.6 is 11.3 Å². The zero-order chi connectivity index (χ0) is 8.97. The maximum atomic E-state index is 10.9. The second-order valence-electron chi connectivity index (χ2n) is 2.24. The highest BCUT2D eigenvalue weighted by molar-refractivity contribution is 7.08.